The van der Waals surface area contributed by atoms with E-state index in [0.29, 0.717) is 76.2 Å². The van der Waals surface area contributed by atoms with Crippen LogP contribution in [0.3, 0.4) is 0 Å². The summed E-state index contributed by atoms with van der Waals surface area (Å²) in [6.45, 7) is 11.4. The number of aryl methyl sites for hydroxylation is 1. The van der Waals surface area contributed by atoms with Gasteiger partial charge in [-0.05, 0) is 133 Å². The number of piperidine rings is 1. The molecule has 4 aliphatic rings. The number of fused-ring (bicyclic) bond motifs is 4. The number of Topliss-reactive ketones (excluding diaryl/α,β-unsaturated/α-hetero) is 1. The zero-order valence-electron chi connectivity index (χ0n) is 43.5. The van der Waals surface area contributed by atoms with Crippen molar-refractivity contribution < 1.29 is 58.9 Å². The highest BCUT2D eigenvalue weighted by Gasteiger charge is 2.53. The topological polar surface area (TPSA) is 208 Å². The highest BCUT2D eigenvalue weighted by molar-refractivity contribution is 6.39. The van der Waals surface area contributed by atoms with Crippen LogP contribution < -0.4 is 0 Å². The highest BCUT2D eigenvalue weighted by Crippen LogP contribution is 2.42. The molecule has 0 unspecified atom stereocenters. The van der Waals surface area contributed by atoms with Gasteiger partial charge < -0.3 is 54.4 Å². The molecule has 15 atom stereocenters. The second kappa shape index (κ2) is 25.8. The second-order valence-electron chi connectivity index (χ2n) is 21.4. The molecule has 14 heteroatoms. The molecule has 1 saturated carbocycles. The number of ketones is 1. The Morgan fingerprint density at radius 3 is 2.35 bits per heavy atom. The minimum absolute atomic E-state index is 0.0474. The van der Waals surface area contributed by atoms with Gasteiger partial charge in [0.2, 0.25) is 5.79 Å². The molecule has 6 N–H and O–H groups in total. The third-order valence-corrected chi connectivity index (χ3v) is 16.3. The van der Waals surface area contributed by atoms with Gasteiger partial charge in [0.25, 0.3) is 11.7 Å². The SMILES string of the molecule is CO[C@H]1[C@@H](O)[C@H](C)CC/C=C/C=C/C=C(\C)[C@@H](c2c[nH]c3c(C)cccc23)C[C@@H]2CC[C@@H](C)[C@@](O)(O2)C(=O)C(=O)N2CCCC[C@H]2C(=O)O[C@H](CC[C@@H]2CC[C@@H](O)[C@H](OC)C2)C[C@H](O)[C@H](C)/C=C(\C)[C@H]1O. The number of benzene rings is 1. The lowest BCUT2D eigenvalue weighted by Crippen LogP contribution is -2.60. The first-order chi connectivity index (χ1) is 33.9. The average Bonchev–Trinajstić information content (AvgIpc) is 3.80. The number of aliphatic hydroxyl groups is 5. The van der Waals surface area contributed by atoms with Gasteiger partial charge in [0.15, 0.2) is 0 Å². The summed E-state index contributed by atoms with van der Waals surface area (Å²) >= 11 is 0. The Hall–Kier alpha value is -3.99. The van der Waals surface area contributed by atoms with Crippen molar-refractivity contribution in [2.75, 3.05) is 20.8 Å². The fraction of sp³-hybridized carbons (Fsp3) is 0.667. The van der Waals surface area contributed by atoms with Gasteiger partial charge in [-0.25, -0.2) is 4.79 Å². The third kappa shape index (κ3) is 13.8. The van der Waals surface area contributed by atoms with Crippen molar-refractivity contribution in [1.29, 1.82) is 0 Å². The van der Waals surface area contributed by atoms with E-state index in [1.165, 1.54) is 12.0 Å². The number of nitrogens with one attached hydrogen (secondary N) is 1. The lowest BCUT2D eigenvalue weighted by Gasteiger charge is -2.43. The van der Waals surface area contributed by atoms with E-state index in [1.807, 2.05) is 50.4 Å². The van der Waals surface area contributed by atoms with Crippen molar-refractivity contribution in [3.05, 3.63) is 83.1 Å². The van der Waals surface area contributed by atoms with Crippen LogP contribution in [-0.4, -0.2) is 135 Å². The molecule has 0 radical (unpaired) electrons. The number of ether oxygens (including phenoxy) is 4. The van der Waals surface area contributed by atoms with Crippen LogP contribution >= 0.6 is 0 Å². The predicted molar refractivity (Wildman–Crippen MR) is 273 cm³/mol. The Balaban J connectivity index is 1.32. The maximum atomic E-state index is 14.5. The molecule has 71 heavy (non-hydrogen) atoms. The first kappa shape index (κ1) is 56.3. The van der Waals surface area contributed by atoms with E-state index in [1.54, 1.807) is 27.0 Å². The zero-order chi connectivity index (χ0) is 51.6. The number of para-hydroxylation sites is 1. The molecule has 1 aromatic heterocycles. The number of rotatable bonds is 6. The van der Waals surface area contributed by atoms with Gasteiger partial charge in [0.1, 0.15) is 24.4 Å². The Morgan fingerprint density at radius 2 is 1.61 bits per heavy atom. The van der Waals surface area contributed by atoms with Crippen molar-refractivity contribution in [1.82, 2.24) is 9.88 Å². The summed E-state index contributed by atoms with van der Waals surface area (Å²) in [5, 5.41) is 58.6. The molecule has 394 valence electrons. The minimum Gasteiger partial charge on any atom is -0.461 e. The summed E-state index contributed by atoms with van der Waals surface area (Å²) in [4.78, 5) is 48.2. The average molecular weight is 989 g/mol. The molecule has 1 amide bonds. The lowest BCUT2D eigenvalue weighted by atomic mass is 9.81. The molecule has 6 rings (SSSR count). The fourth-order valence-electron chi connectivity index (χ4n) is 11.5. The lowest BCUT2D eigenvalue weighted by molar-refractivity contribution is -0.264. The Labute approximate surface area is 421 Å². The summed E-state index contributed by atoms with van der Waals surface area (Å²) in [6.07, 6.45) is 14.6. The number of H-pyrrole nitrogens is 1. The van der Waals surface area contributed by atoms with Crippen LogP contribution in [0.5, 0.6) is 0 Å². The highest BCUT2D eigenvalue weighted by atomic mass is 16.6. The minimum atomic E-state index is -2.43. The number of aromatic amines is 1. The van der Waals surface area contributed by atoms with E-state index in [9.17, 15) is 39.9 Å². The van der Waals surface area contributed by atoms with Gasteiger partial charge in [0.05, 0.1) is 30.5 Å². The Morgan fingerprint density at radius 1 is 0.831 bits per heavy atom. The monoisotopic (exact) mass is 989 g/mol. The van der Waals surface area contributed by atoms with Crippen LogP contribution in [0.15, 0.2) is 72.0 Å². The number of hydrogen-bond donors (Lipinski definition) is 6. The summed E-state index contributed by atoms with van der Waals surface area (Å²) in [6, 6.07) is 5.06. The zero-order valence-corrected chi connectivity index (χ0v) is 43.5. The molecular weight excluding hydrogens is 905 g/mol. The van der Waals surface area contributed by atoms with E-state index < -0.39 is 84.1 Å². The van der Waals surface area contributed by atoms with Gasteiger partial charge in [-0.1, -0.05) is 81.0 Å². The molecule has 0 spiro atoms. The van der Waals surface area contributed by atoms with Crippen LogP contribution in [0.25, 0.3) is 10.9 Å². The first-order valence-electron chi connectivity index (χ1n) is 26.4. The van der Waals surface area contributed by atoms with Crippen molar-refractivity contribution in [2.45, 2.75) is 198 Å². The van der Waals surface area contributed by atoms with E-state index in [4.69, 9.17) is 18.9 Å². The van der Waals surface area contributed by atoms with E-state index in [2.05, 4.69) is 37.0 Å². The van der Waals surface area contributed by atoms with Crippen LogP contribution in [0.1, 0.15) is 142 Å². The number of aromatic nitrogens is 1. The Kier molecular flexibility index (Phi) is 20.5. The standard InChI is InChI=1S/C57H84N2O12/c1-34-17-12-10-9-11-13-18-36(3)51(62)53(69-8)52(63)38(5)29-37(4)48(61)32-41(26-23-40-24-27-47(60)49(30-40)68-7)70-56(66)46-21-14-15-28-59(46)55(65)54(64)57(67)39(6)22-25-42(71-57)31-44(34)45-33-58-50-35(2)19-16-20-43(45)50/h9-12,16-17,19-20,29,33,36-37,39-42,44,46-49,51-53,58,60-63,67H,13-15,18,21-28,30-32H2,1-8H3/b11-9+,12-10+,34-17+,38-29+/t36-,37-,39-,40-,41-,42+,44+,46+,47-,48+,49-,51+,52-,53+,57-/m1/s1. The van der Waals surface area contributed by atoms with Crippen molar-refractivity contribution in [3.8, 4) is 0 Å². The number of methoxy groups -OCH3 is 2. The van der Waals surface area contributed by atoms with Gasteiger partial charge in [-0.2, -0.15) is 0 Å². The normalized spacial score (nSPS) is 38.6. The number of hydrogen-bond acceptors (Lipinski definition) is 12. The predicted octanol–water partition coefficient (Wildman–Crippen LogP) is 7.83. The second-order valence-corrected chi connectivity index (χ2v) is 21.4. The first-order valence-corrected chi connectivity index (χ1v) is 26.4. The number of allylic oxidation sites excluding steroid dienone is 6. The van der Waals surface area contributed by atoms with Crippen molar-refractivity contribution in [3.63, 3.8) is 0 Å². The molecule has 3 aliphatic heterocycles. The summed E-state index contributed by atoms with van der Waals surface area (Å²) in [7, 11) is 3.05. The number of esters is 1. The summed E-state index contributed by atoms with van der Waals surface area (Å²) in [5.41, 5.74) is 4.72. The number of cyclic esters (lactones) is 1. The van der Waals surface area contributed by atoms with E-state index >= 15 is 0 Å². The smallest absolute Gasteiger partial charge is 0.329 e. The maximum absolute atomic E-state index is 14.5. The van der Waals surface area contributed by atoms with Gasteiger partial charge >= 0.3 is 5.97 Å². The van der Waals surface area contributed by atoms with Gasteiger partial charge in [-0.15, -0.1) is 0 Å². The number of amides is 1. The van der Waals surface area contributed by atoms with Crippen LogP contribution in [0, 0.1) is 30.6 Å². The fourth-order valence-corrected chi connectivity index (χ4v) is 11.5. The number of nitrogens with zero attached hydrogens (tertiary/aromatic N) is 1. The van der Waals surface area contributed by atoms with Gasteiger partial charge in [0, 0.05) is 62.0 Å². The summed E-state index contributed by atoms with van der Waals surface area (Å²) in [5.74, 6) is -6.65. The third-order valence-electron chi connectivity index (χ3n) is 16.3. The Bertz CT molecular complexity index is 2220. The molecule has 1 aromatic carbocycles. The molecule has 14 nitrogen and oxygen atoms in total. The molecule has 1 aliphatic carbocycles. The largest absolute Gasteiger partial charge is 0.461 e. The molecule has 4 heterocycles. The van der Waals surface area contributed by atoms with Crippen LogP contribution in [-0.2, 0) is 33.3 Å². The molecule has 2 saturated heterocycles. The quantitative estimate of drug-likeness (QED) is 0.0930. The number of carbonyl (C=O) groups excluding carboxylic acids is 3. The van der Waals surface area contributed by atoms with E-state index in [-0.39, 0.29) is 43.2 Å². The molecule has 2 bridgehead atoms. The number of aliphatic hydroxyl groups excluding tert-OH is 4. The molecular formula is C57H84N2O12. The maximum Gasteiger partial charge on any atom is 0.329 e. The van der Waals surface area contributed by atoms with Crippen LogP contribution in [0.4, 0.5) is 0 Å². The van der Waals surface area contributed by atoms with Gasteiger partial charge in [-0.3, -0.25) is 9.59 Å². The summed E-state index contributed by atoms with van der Waals surface area (Å²) < 4.78 is 24.0. The molecule has 3 fully saturated rings. The number of carbonyl (C=O) groups is 3. The van der Waals surface area contributed by atoms with E-state index in [0.717, 1.165) is 34.0 Å². The van der Waals surface area contributed by atoms with Crippen LogP contribution in [0.2, 0.25) is 0 Å². The molecule has 2 aromatic rings. The van der Waals surface area contributed by atoms with Crippen molar-refractivity contribution >= 4 is 28.6 Å². The van der Waals surface area contributed by atoms with Crippen molar-refractivity contribution in [2.24, 2.45) is 23.7 Å².